The lowest BCUT2D eigenvalue weighted by molar-refractivity contribution is 0.451. The van der Waals surface area contributed by atoms with Crippen molar-refractivity contribution in [2.24, 2.45) is 0 Å². The van der Waals surface area contributed by atoms with Crippen LogP contribution in [0.4, 0.5) is 0 Å². The first-order valence-electron chi connectivity index (χ1n) is 21.1. The Balaban J connectivity index is 1.63. The fraction of sp³-hybridized carbons (Fsp3) is 0.444. The van der Waals surface area contributed by atoms with Crippen LogP contribution in [0.3, 0.4) is 0 Å². The van der Waals surface area contributed by atoms with Crippen molar-refractivity contribution in [3.05, 3.63) is 145 Å². The van der Waals surface area contributed by atoms with Crippen LogP contribution in [0.2, 0.25) is 0 Å². The molecule has 0 aromatic heterocycles. The van der Waals surface area contributed by atoms with E-state index in [9.17, 15) is 25.5 Å². The zero-order valence-corrected chi connectivity index (χ0v) is 38.5. The van der Waals surface area contributed by atoms with Crippen molar-refractivity contribution >= 4 is 0 Å². The minimum atomic E-state index is -0.261. The quantitative estimate of drug-likeness (QED) is 0.108. The average Bonchev–Trinajstić information content (AvgIpc) is 3.09. The van der Waals surface area contributed by atoms with Gasteiger partial charge in [-0.1, -0.05) is 165 Å². The number of phenolic OH excluding ortho intramolecular Hbond substituents is 5. The van der Waals surface area contributed by atoms with E-state index < -0.39 is 0 Å². The van der Waals surface area contributed by atoms with Gasteiger partial charge in [-0.25, -0.2) is 0 Å². The number of hydrogen-bond donors (Lipinski definition) is 5. The van der Waals surface area contributed by atoms with Crippen LogP contribution in [0.5, 0.6) is 28.7 Å². The van der Waals surface area contributed by atoms with Crippen LogP contribution < -0.4 is 0 Å². The monoisotopic (exact) mass is 799 g/mol. The summed E-state index contributed by atoms with van der Waals surface area (Å²) in [5.74, 6) is 0.822. The van der Waals surface area contributed by atoms with Crippen LogP contribution in [0.1, 0.15) is 176 Å². The van der Waals surface area contributed by atoms with Crippen molar-refractivity contribution in [3.8, 4) is 28.7 Å². The van der Waals surface area contributed by atoms with E-state index in [1.807, 2.05) is 60.7 Å². The van der Waals surface area contributed by atoms with Gasteiger partial charge < -0.3 is 25.5 Å². The highest BCUT2D eigenvalue weighted by atomic mass is 16.3. The van der Waals surface area contributed by atoms with Crippen molar-refractivity contribution in [1.29, 1.82) is 0 Å². The number of benzene rings is 5. The molecule has 5 aromatic carbocycles. The number of phenols is 5. The molecule has 0 bridgehead atoms. The minimum Gasteiger partial charge on any atom is -0.508 e. The standard InChI is InChI=1S/C54H70O5/c1-50(2,3)40-16-18-45(55)32(24-40)20-34-26-42(52(7,8)9)28-36(47(34)57)22-38-30-44(54(13,14)15)31-39(49(38)59)23-37-29-43(53(10,11)12)27-35(48(37)58)21-33-25-41(51(4,5)6)17-19-46(33)56/h16-19,24-31,55-59H,20-23H2,1-15H3. The van der Waals surface area contributed by atoms with Crippen LogP contribution >= 0.6 is 0 Å². The van der Waals surface area contributed by atoms with E-state index in [-0.39, 0.29) is 68.7 Å². The van der Waals surface area contributed by atoms with Gasteiger partial charge in [0.25, 0.3) is 0 Å². The third kappa shape index (κ3) is 10.5. The number of hydrogen-bond acceptors (Lipinski definition) is 5. The predicted molar refractivity (Wildman–Crippen MR) is 245 cm³/mol. The molecule has 0 unspecified atom stereocenters. The third-order valence-electron chi connectivity index (χ3n) is 11.8. The van der Waals surface area contributed by atoms with E-state index in [1.54, 1.807) is 12.1 Å². The Morgan fingerprint density at radius 1 is 0.271 bits per heavy atom. The van der Waals surface area contributed by atoms with E-state index in [0.717, 1.165) is 50.1 Å². The van der Waals surface area contributed by atoms with Gasteiger partial charge in [-0.05, 0) is 112 Å². The molecule has 0 aliphatic carbocycles. The molecule has 59 heavy (non-hydrogen) atoms. The first-order valence-corrected chi connectivity index (χ1v) is 21.1. The third-order valence-corrected chi connectivity index (χ3v) is 11.8. The zero-order chi connectivity index (χ0) is 44.2. The summed E-state index contributed by atoms with van der Waals surface area (Å²) in [7, 11) is 0. The minimum absolute atomic E-state index is 0.107. The van der Waals surface area contributed by atoms with Crippen molar-refractivity contribution in [2.75, 3.05) is 0 Å². The molecular weight excluding hydrogens is 729 g/mol. The van der Waals surface area contributed by atoms with E-state index in [1.165, 1.54) is 0 Å². The average molecular weight is 799 g/mol. The van der Waals surface area contributed by atoms with Crippen molar-refractivity contribution in [1.82, 2.24) is 0 Å². The van der Waals surface area contributed by atoms with Crippen molar-refractivity contribution in [3.63, 3.8) is 0 Å². The molecule has 0 saturated heterocycles. The molecule has 5 N–H and O–H groups in total. The van der Waals surface area contributed by atoms with E-state index in [0.29, 0.717) is 35.1 Å². The summed E-state index contributed by atoms with van der Waals surface area (Å²) in [6.07, 6.45) is 1.26. The second-order valence-corrected chi connectivity index (χ2v) is 22.1. The largest absolute Gasteiger partial charge is 0.508 e. The molecule has 5 heteroatoms. The Hall–Kier alpha value is -4.90. The maximum Gasteiger partial charge on any atom is 0.122 e. The molecule has 0 spiro atoms. The van der Waals surface area contributed by atoms with E-state index in [4.69, 9.17) is 0 Å². The van der Waals surface area contributed by atoms with Crippen molar-refractivity contribution < 1.29 is 25.5 Å². The summed E-state index contributed by atoms with van der Waals surface area (Å²) in [4.78, 5) is 0. The summed E-state index contributed by atoms with van der Waals surface area (Å²) in [5, 5.41) is 58.1. The molecule has 5 nitrogen and oxygen atoms in total. The molecule has 0 heterocycles. The Morgan fingerprint density at radius 2 is 0.458 bits per heavy atom. The van der Waals surface area contributed by atoms with Crippen LogP contribution in [0.25, 0.3) is 0 Å². The second kappa shape index (κ2) is 15.9. The Morgan fingerprint density at radius 3 is 0.661 bits per heavy atom. The maximum absolute atomic E-state index is 12.2. The smallest absolute Gasteiger partial charge is 0.122 e. The van der Waals surface area contributed by atoms with Gasteiger partial charge in [0.1, 0.15) is 28.7 Å². The molecule has 316 valence electrons. The van der Waals surface area contributed by atoms with Crippen LogP contribution in [0.15, 0.2) is 72.8 Å². The summed E-state index contributed by atoms with van der Waals surface area (Å²) < 4.78 is 0. The van der Waals surface area contributed by atoms with Crippen molar-refractivity contribution in [2.45, 2.75) is 157 Å². The van der Waals surface area contributed by atoms with Gasteiger partial charge in [-0.2, -0.15) is 0 Å². The Kier molecular flexibility index (Phi) is 12.2. The molecule has 0 fully saturated rings. The second-order valence-electron chi connectivity index (χ2n) is 22.1. The summed E-state index contributed by atoms with van der Waals surface area (Å²) in [6, 6.07) is 23.7. The molecule has 0 aliphatic rings. The molecule has 5 rings (SSSR count). The molecular formula is C54H70O5. The molecule has 0 radical (unpaired) electrons. The molecule has 0 aliphatic heterocycles. The zero-order valence-electron chi connectivity index (χ0n) is 38.5. The first kappa shape index (κ1) is 45.2. The van der Waals surface area contributed by atoms with Crippen LogP contribution in [-0.2, 0) is 52.8 Å². The van der Waals surface area contributed by atoms with Gasteiger partial charge in [-0.3, -0.25) is 0 Å². The van der Waals surface area contributed by atoms with Gasteiger partial charge in [-0.15, -0.1) is 0 Å². The molecule has 0 amide bonds. The first-order chi connectivity index (χ1) is 26.9. The van der Waals surface area contributed by atoms with Gasteiger partial charge in [0.2, 0.25) is 0 Å². The normalized spacial score (nSPS) is 12.9. The highest BCUT2D eigenvalue weighted by Crippen LogP contribution is 2.42. The van der Waals surface area contributed by atoms with Crippen LogP contribution in [-0.4, -0.2) is 25.5 Å². The lowest BCUT2D eigenvalue weighted by Gasteiger charge is -2.26. The van der Waals surface area contributed by atoms with Crippen LogP contribution in [0, 0.1) is 0 Å². The summed E-state index contributed by atoms with van der Waals surface area (Å²) >= 11 is 0. The molecule has 0 saturated carbocycles. The predicted octanol–water partition coefficient (Wildman–Crippen LogP) is 13.1. The lowest BCUT2D eigenvalue weighted by Crippen LogP contribution is -2.15. The lowest BCUT2D eigenvalue weighted by atomic mass is 9.80. The topological polar surface area (TPSA) is 101 Å². The molecule has 0 atom stereocenters. The number of rotatable bonds is 8. The van der Waals surface area contributed by atoms with E-state index >= 15 is 0 Å². The SMILES string of the molecule is CC(C)(C)c1ccc(O)c(Cc2cc(C(C)(C)C)cc(Cc3cc(C(C)(C)C)cc(Cc4cc(C(C)(C)C)cc(Cc5cc(C(C)(C)C)ccc5O)c4O)c3O)c2O)c1. The van der Waals surface area contributed by atoms with E-state index in [2.05, 4.69) is 104 Å². The van der Waals surface area contributed by atoms with Gasteiger partial charge >= 0.3 is 0 Å². The highest BCUT2D eigenvalue weighted by Gasteiger charge is 2.26. The van der Waals surface area contributed by atoms with Gasteiger partial charge in [0.15, 0.2) is 0 Å². The number of aromatic hydroxyl groups is 5. The fourth-order valence-corrected chi connectivity index (χ4v) is 7.60. The Bertz CT molecular complexity index is 2190. The molecule has 5 aromatic rings. The summed E-state index contributed by atoms with van der Waals surface area (Å²) in [5.41, 5.74) is 10.1. The Labute approximate surface area is 354 Å². The van der Waals surface area contributed by atoms with Gasteiger partial charge in [0.05, 0.1) is 0 Å². The fourth-order valence-electron chi connectivity index (χ4n) is 7.60. The highest BCUT2D eigenvalue weighted by molar-refractivity contribution is 5.57. The summed E-state index contributed by atoms with van der Waals surface area (Å²) in [6.45, 7) is 32.2. The van der Waals surface area contributed by atoms with Gasteiger partial charge in [0, 0.05) is 25.7 Å². The maximum atomic E-state index is 12.2.